The van der Waals surface area contributed by atoms with Crippen LogP contribution < -0.4 is 5.63 Å². The third kappa shape index (κ3) is 3.76. The van der Waals surface area contributed by atoms with E-state index in [1.165, 1.54) is 10.4 Å². The number of nitrogens with zero attached hydrogens (tertiary/aromatic N) is 4. The quantitative estimate of drug-likeness (QED) is 0.436. The van der Waals surface area contributed by atoms with Crippen LogP contribution in [-0.4, -0.2) is 52.5 Å². The molecule has 2 aromatic heterocycles. The predicted molar refractivity (Wildman–Crippen MR) is 119 cm³/mol. The number of piperazine rings is 1. The van der Waals surface area contributed by atoms with Gasteiger partial charge in [0.25, 0.3) is 0 Å². The fourth-order valence-corrected chi connectivity index (χ4v) is 6.14. The lowest BCUT2D eigenvalue weighted by Gasteiger charge is -2.34. The zero-order valence-corrected chi connectivity index (χ0v) is 18.4. The minimum Gasteiger partial charge on any atom is -0.423 e. The average molecular weight is 457 g/mol. The van der Waals surface area contributed by atoms with Gasteiger partial charge in [-0.1, -0.05) is 18.2 Å². The van der Waals surface area contributed by atoms with E-state index in [2.05, 4.69) is 13.6 Å². The van der Waals surface area contributed by atoms with Crippen molar-refractivity contribution in [3.63, 3.8) is 0 Å². The zero-order valence-electron chi connectivity index (χ0n) is 16.8. The Bertz CT molecular complexity index is 1440. The summed E-state index contributed by atoms with van der Waals surface area (Å²) in [4.78, 5) is 14.4. The minimum atomic E-state index is -3.66. The van der Waals surface area contributed by atoms with Gasteiger partial charge < -0.3 is 4.42 Å². The van der Waals surface area contributed by atoms with E-state index in [4.69, 9.17) is 4.42 Å². The molecule has 0 radical (unpaired) electrons. The minimum absolute atomic E-state index is 0.203. The van der Waals surface area contributed by atoms with Crippen LogP contribution in [0.4, 0.5) is 0 Å². The van der Waals surface area contributed by atoms with Crippen LogP contribution in [0.3, 0.4) is 0 Å². The molecule has 0 spiro atoms. The molecule has 0 N–H and O–H groups in total. The lowest BCUT2D eigenvalue weighted by Crippen LogP contribution is -2.48. The maximum Gasteiger partial charge on any atom is 0.336 e. The summed E-state index contributed by atoms with van der Waals surface area (Å²) < 4.78 is 41.6. The first-order valence-corrected chi connectivity index (χ1v) is 12.1. The fourth-order valence-electron chi connectivity index (χ4n) is 3.97. The lowest BCUT2D eigenvalue weighted by molar-refractivity contribution is 0.182. The Hall–Kier alpha value is -2.66. The molecule has 0 bridgehead atoms. The Kier molecular flexibility index (Phi) is 5.09. The summed E-state index contributed by atoms with van der Waals surface area (Å²) in [7, 11) is -3.66. The van der Waals surface area contributed by atoms with Crippen LogP contribution in [0.2, 0.25) is 0 Å². The van der Waals surface area contributed by atoms with Crippen molar-refractivity contribution in [2.75, 3.05) is 26.2 Å². The largest absolute Gasteiger partial charge is 0.423 e. The van der Waals surface area contributed by atoms with Crippen molar-refractivity contribution >= 4 is 43.8 Å². The SMILES string of the molecule is Cc1ccc2c(CN3CCN(S(=O)(=O)c4cccc5nsnc45)CC3)cc(=O)oc2c1. The summed E-state index contributed by atoms with van der Waals surface area (Å²) in [5.41, 5.74) is 3.13. The molecule has 3 heterocycles. The lowest BCUT2D eigenvalue weighted by atomic mass is 10.1. The predicted octanol–water partition coefficient (Wildman–Crippen LogP) is 2.61. The van der Waals surface area contributed by atoms with Gasteiger partial charge in [0, 0.05) is 44.2 Å². The number of hydrogen-bond acceptors (Lipinski definition) is 8. The molecule has 0 atom stereocenters. The molecule has 160 valence electrons. The number of sulfonamides is 1. The summed E-state index contributed by atoms with van der Waals surface area (Å²) >= 11 is 1.01. The number of rotatable bonds is 4. The van der Waals surface area contributed by atoms with Gasteiger partial charge in [-0.05, 0) is 36.2 Å². The van der Waals surface area contributed by atoms with Crippen molar-refractivity contribution in [3.05, 3.63) is 64.0 Å². The molecule has 10 heteroatoms. The van der Waals surface area contributed by atoms with Crippen LogP contribution in [0.25, 0.3) is 22.0 Å². The number of benzene rings is 2. The van der Waals surface area contributed by atoms with Crippen molar-refractivity contribution in [2.24, 2.45) is 0 Å². The van der Waals surface area contributed by atoms with Gasteiger partial charge in [-0.2, -0.15) is 13.1 Å². The molecule has 0 amide bonds. The molecule has 31 heavy (non-hydrogen) atoms. The number of hydrogen-bond donors (Lipinski definition) is 0. The van der Waals surface area contributed by atoms with Crippen LogP contribution in [0.15, 0.2) is 56.6 Å². The Morgan fingerprint density at radius 2 is 1.87 bits per heavy atom. The molecule has 0 aliphatic carbocycles. The Balaban J connectivity index is 1.35. The third-order valence-electron chi connectivity index (χ3n) is 5.58. The second-order valence-corrected chi connectivity index (χ2v) is 10.1. The smallest absolute Gasteiger partial charge is 0.336 e. The van der Waals surface area contributed by atoms with Gasteiger partial charge in [-0.25, -0.2) is 13.2 Å². The van der Waals surface area contributed by atoms with Gasteiger partial charge in [-0.15, -0.1) is 0 Å². The molecule has 0 saturated carbocycles. The van der Waals surface area contributed by atoms with Gasteiger partial charge in [0.1, 0.15) is 21.5 Å². The van der Waals surface area contributed by atoms with Crippen LogP contribution in [0.5, 0.6) is 0 Å². The van der Waals surface area contributed by atoms with Crippen molar-refractivity contribution in [2.45, 2.75) is 18.4 Å². The molecular formula is C21H20N4O4S2. The highest BCUT2D eigenvalue weighted by Gasteiger charge is 2.30. The first-order valence-electron chi connectivity index (χ1n) is 9.89. The summed E-state index contributed by atoms with van der Waals surface area (Å²) in [5.74, 6) is 0. The van der Waals surface area contributed by atoms with E-state index in [9.17, 15) is 13.2 Å². The maximum absolute atomic E-state index is 13.2. The Morgan fingerprint density at radius 1 is 1.06 bits per heavy atom. The maximum atomic E-state index is 13.2. The Morgan fingerprint density at radius 3 is 2.68 bits per heavy atom. The molecule has 1 fully saturated rings. The molecule has 5 rings (SSSR count). The van der Waals surface area contributed by atoms with Crippen molar-refractivity contribution in [1.82, 2.24) is 18.0 Å². The number of aromatic nitrogens is 2. The molecule has 1 aliphatic heterocycles. The number of aryl methyl sites for hydroxylation is 1. The number of fused-ring (bicyclic) bond motifs is 2. The van der Waals surface area contributed by atoms with E-state index in [1.807, 2.05) is 25.1 Å². The van der Waals surface area contributed by atoms with Gasteiger partial charge >= 0.3 is 5.63 Å². The molecule has 2 aromatic carbocycles. The van der Waals surface area contributed by atoms with Gasteiger partial charge in [0.2, 0.25) is 10.0 Å². The van der Waals surface area contributed by atoms with Crippen molar-refractivity contribution < 1.29 is 12.8 Å². The van der Waals surface area contributed by atoms with Crippen LogP contribution in [0.1, 0.15) is 11.1 Å². The topological polar surface area (TPSA) is 96.6 Å². The van der Waals surface area contributed by atoms with E-state index in [0.717, 1.165) is 28.2 Å². The normalized spacial score (nSPS) is 16.3. The van der Waals surface area contributed by atoms with E-state index in [1.54, 1.807) is 18.2 Å². The highest BCUT2D eigenvalue weighted by atomic mass is 32.2. The van der Waals surface area contributed by atoms with E-state index in [0.29, 0.717) is 49.3 Å². The van der Waals surface area contributed by atoms with Crippen LogP contribution >= 0.6 is 11.7 Å². The van der Waals surface area contributed by atoms with E-state index < -0.39 is 10.0 Å². The van der Waals surface area contributed by atoms with Crippen molar-refractivity contribution in [1.29, 1.82) is 0 Å². The molecule has 8 nitrogen and oxygen atoms in total. The van der Waals surface area contributed by atoms with Gasteiger partial charge in [-0.3, -0.25) is 4.90 Å². The summed E-state index contributed by atoms with van der Waals surface area (Å²) in [6, 6.07) is 12.4. The molecule has 1 saturated heterocycles. The van der Waals surface area contributed by atoms with Gasteiger partial charge in [0.15, 0.2) is 0 Å². The average Bonchev–Trinajstić information content (AvgIpc) is 3.22. The van der Waals surface area contributed by atoms with Crippen molar-refractivity contribution in [3.8, 4) is 0 Å². The standard InChI is InChI=1S/C21H20N4O4S2/c1-14-5-6-16-15(12-20(26)29-18(16)11-14)13-24-7-9-25(10-8-24)31(27,28)19-4-2-3-17-21(19)23-30-22-17/h2-6,11-12H,7-10,13H2,1H3. The highest BCUT2D eigenvalue weighted by molar-refractivity contribution is 7.89. The molecule has 1 aliphatic rings. The second kappa shape index (κ2) is 7.79. The molecule has 4 aromatic rings. The van der Waals surface area contributed by atoms with Crippen LogP contribution in [0, 0.1) is 6.92 Å². The van der Waals surface area contributed by atoms with Crippen LogP contribution in [-0.2, 0) is 16.6 Å². The molecular weight excluding hydrogens is 436 g/mol. The zero-order chi connectivity index (χ0) is 21.6. The summed E-state index contributed by atoms with van der Waals surface area (Å²) in [6.07, 6.45) is 0. The molecule has 0 unspecified atom stereocenters. The monoisotopic (exact) mass is 456 g/mol. The summed E-state index contributed by atoms with van der Waals surface area (Å²) in [5, 5.41) is 0.906. The van der Waals surface area contributed by atoms with Gasteiger partial charge in [0.05, 0.1) is 11.7 Å². The second-order valence-electron chi connectivity index (χ2n) is 7.66. The summed E-state index contributed by atoms with van der Waals surface area (Å²) in [6.45, 7) is 4.39. The first kappa shape index (κ1) is 20.3. The Labute approximate surface area is 183 Å². The van der Waals surface area contributed by atoms with E-state index in [-0.39, 0.29) is 10.5 Å². The highest BCUT2D eigenvalue weighted by Crippen LogP contribution is 2.26. The van der Waals surface area contributed by atoms with E-state index >= 15 is 0 Å². The fraction of sp³-hybridized carbons (Fsp3) is 0.286. The first-order chi connectivity index (χ1) is 14.9. The third-order valence-corrected chi connectivity index (χ3v) is 8.05.